The topological polar surface area (TPSA) is 32.3 Å². The molecule has 2 atom stereocenters. The highest BCUT2D eigenvalue weighted by molar-refractivity contribution is 6.35. The van der Waals surface area contributed by atoms with Crippen molar-refractivity contribution < 1.29 is 4.79 Å². The largest absolute Gasteiger partial charge is 0.376 e. The van der Waals surface area contributed by atoms with Crippen molar-refractivity contribution in [3.8, 4) is 0 Å². The molecule has 1 aromatic rings. The van der Waals surface area contributed by atoms with Crippen LogP contribution in [0.15, 0.2) is 18.2 Å². The Morgan fingerprint density at radius 1 is 1.25 bits per heavy atom. The number of likely N-dealkylation sites (tertiary alicyclic amines) is 1. The summed E-state index contributed by atoms with van der Waals surface area (Å²) in [6.07, 6.45) is 1.08. The van der Waals surface area contributed by atoms with Gasteiger partial charge in [0.15, 0.2) is 0 Å². The van der Waals surface area contributed by atoms with Gasteiger partial charge in [-0.2, -0.15) is 0 Å². The average Bonchev–Trinajstić information content (AvgIpc) is 2.38. The van der Waals surface area contributed by atoms with Crippen molar-refractivity contribution in [1.29, 1.82) is 0 Å². The second-order valence-electron chi connectivity index (χ2n) is 5.59. The summed E-state index contributed by atoms with van der Waals surface area (Å²) in [5, 5.41) is 4.22. The van der Waals surface area contributed by atoms with Gasteiger partial charge in [-0.3, -0.25) is 4.79 Å². The molecular weight excluding hydrogens is 295 g/mol. The molecule has 1 fully saturated rings. The Morgan fingerprint density at radius 2 is 1.90 bits per heavy atom. The minimum Gasteiger partial charge on any atom is -0.376 e. The number of carbonyl (C=O) groups is 1. The average molecular weight is 315 g/mol. The molecule has 0 radical (unpaired) electrons. The Morgan fingerprint density at radius 3 is 2.50 bits per heavy atom. The number of hydrogen-bond acceptors (Lipinski definition) is 2. The van der Waals surface area contributed by atoms with Crippen LogP contribution in [-0.2, 0) is 4.79 Å². The van der Waals surface area contributed by atoms with Crippen LogP contribution < -0.4 is 5.32 Å². The minimum absolute atomic E-state index is 0.125. The molecule has 0 spiro atoms. The highest BCUT2D eigenvalue weighted by Gasteiger charge is 2.25. The van der Waals surface area contributed by atoms with E-state index in [0.29, 0.717) is 21.9 Å². The first-order valence-electron chi connectivity index (χ1n) is 6.93. The Labute approximate surface area is 130 Å². The Balaban J connectivity index is 1.89. The van der Waals surface area contributed by atoms with Crippen LogP contribution in [0.25, 0.3) is 0 Å². The van der Waals surface area contributed by atoms with Crippen LogP contribution >= 0.6 is 23.2 Å². The number of nitrogens with zero attached hydrogens (tertiary/aromatic N) is 1. The highest BCUT2D eigenvalue weighted by atomic mass is 35.5. The van der Waals surface area contributed by atoms with E-state index < -0.39 is 0 Å². The van der Waals surface area contributed by atoms with E-state index in [2.05, 4.69) is 19.2 Å². The SMILES string of the molecule is CC1CCN(C(=O)CNc2cc(Cl)cc(Cl)c2)CC1C. The number of anilines is 1. The Bertz CT molecular complexity index is 473. The van der Waals surface area contributed by atoms with Gasteiger partial charge < -0.3 is 10.2 Å². The van der Waals surface area contributed by atoms with E-state index in [1.165, 1.54) is 0 Å². The number of halogens is 2. The molecule has 1 amide bonds. The van der Waals surface area contributed by atoms with E-state index >= 15 is 0 Å². The summed E-state index contributed by atoms with van der Waals surface area (Å²) in [5.74, 6) is 1.38. The predicted molar refractivity (Wildman–Crippen MR) is 84.5 cm³/mol. The number of piperidine rings is 1. The quantitative estimate of drug-likeness (QED) is 0.917. The first-order chi connectivity index (χ1) is 9.45. The molecule has 20 heavy (non-hydrogen) atoms. The lowest BCUT2D eigenvalue weighted by atomic mass is 9.89. The molecule has 2 unspecified atom stereocenters. The monoisotopic (exact) mass is 314 g/mol. The van der Waals surface area contributed by atoms with Gasteiger partial charge >= 0.3 is 0 Å². The molecular formula is C15H20Cl2N2O. The second kappa shape index (κ2) is 6.68. The maximum Gasteiger partial charge on any atom is 0.241 e. The fourth-order valence-electron chi connectivity index (χ4n) is 2.43. The van der Waals surface area contributed by atoms with E-state index in [1.54, 1.807) is 18.2 Å². The maximum absolute atomic E-state index is 12.2. The molecule has 5 heteroatoms. The zero-order valence-corrected chi connectivity index (χ0v) is 13.3. The van der Waals surface area contributed by atoms with E-state index in [9.17, 15) is 4.79 Å². The molecule has 110 valence electrons. The molecule has 0 saturated carbocycles. The lowest BCUT2D eigenvalue weighted by Crippen LogP contribution is -2.44. The van der Waals surface area contributed by atoms with Gasteiger partial charge in [0.1, 0.15) is 0 Å². The van der Waals surface area contributed by atoms with E-state index in [0.717, 1.165) is 25.2 Å². The smallest absolute Gasteiger partial charge is 0.241 e. The maximum atomic E-state index is 12.2. The third kappa shape index (κ3) is 4.03. The van der Waals surface area contributed by atoms with Crippen LogP contribution in [0.1, 0.15) is 20.3 Å². The van der Waals surface area contributed by atoms with Crippen molar-refractivity contribution in [1.82, 2.24) is 4.90 Å². The van der Waals surface area contributed by atoms with Crippen molar-refractivity contribution in [3.63, 3.8) is 0 Å². The summed E-state index contributed by atoms with van der Waals surface area (Å²) in [5.41, 5.74) is 0.772. The fraction of sp³-hybridized carbons (Fsp3) is 0.533. The fourth-order valence-corrected chi connectivity index (χ4v) is 2.96. The van der Waals surface area contributed by atoms with E-state index in [-0.39, 0.29) is 12.5 Å². The van der Waals surface area contributed by atoms with Crippen molar-refractivity contribution in [3.05, 3.63) is 28.2 Å². The molecule has 1 saturated heterocycles. The van der Waals surface area contributed by atoms with Crippen LogP contribution in [0.5, 0.6) is 0 Å². The first kappa shape index (κ1) is 15.5. The molecule has 0 bridgehead atoms. The van der Waals surface area contributed by atoms with Crippen LogP contribution in [0, 0.1) is 11.8 Å². The standard InChI is InChI=1S/C15H20Cl2N2O/c1-10-3-4-19(9-11(10)2)15(20)8-18-14-6-12(16)5-13(17)7-14/h5-7,10-11,18H,3-4,8-9H2,1-2H3. The number of amides is 1. The summed E-state index contributed by atoms with van der Waals surface area (Å²) in [6.45, 7) is 6.42. The lowest BCUT2D eigenvalue weighted by molar-refractivity contribution is -0.131. The summed E-state index contributed by atoms with van der Waals surface area (Å²) < 4.78 is 0. The number of benzene rings is 1. The van der Waals surface area contributed by atoms with Gasteiger partial charge in [-0.15, -0.1) is 0 Å². The number of hydrogen-bond donors (Lipinski definition) is 1. The van der Waals surface area contributed by atoms with Gasteiger partial charge in [-0.1, -0.05) is 37.0 Å². The highest BCUT2D eigenvalue weighted by Crippen LogP contribution is 2.24. The zero-order valence-electron chi connectivity index (χ0n) is 11.8. The molecule has 1 aliphatic heterocycles. The first-order valence-corrected chi connectivity index (χ1v) is 7.69. The Kier molecular flexibility index (Phi) is 5.17. The molecule has 0 aliphatic carbocycles. The van der Waals surface area contributed by atoms with Crippen LogP contribution in [0.3, 0.4) is 0 Å². The zero-order chi connectivity index (χ0) is 14.7. The molecule has 3 nitrogen and oxygen atoms in total. The number of carbonyl (C=O) groups excluding carboxylic acids is 1. The van der Waals surface area contributed by atoms with Crippen LogP contribution in [0.2, 0.25) is 10.0 Å². The van der Waals surface area contributed by atoms with Crippen LogP contribution in [-0.4, -0.2) is 30.4 Å². The molecule has 1 heterocycles. The van der Waals surface area contributed by atoms with Gasteiger partial charge in [0, 0.05) is 28.8 Å². The molecule has 0 aromatic heterocycles. The van der Waals surface area contributed by atoms with Gasteiger partial charge in [0.05, 0.1) is 6.54 Å². The minimum atomic E-state index is 0.125. The molecule has 2 rings (SSSR count). The van der Waals surface area contributed by atoms with Gasteiger partial charge in [0.2, 0.25) is 5.91 Å². The summed E-state index contributed by atoms with van der Waals surface area (Å²) in [6, 6.07) is 5.20. The number of rotatable bonds is 3. The lowest BCUT2D eigenvalue weighted by Gasteiger charge is -2.35. The summed E-state index contributed by atoms with van der Waals surface area (Å²) >= 11 is 11.9. The summed E-state index contributed by atoms with van der Waals surface area (Å²) in [4.78, 5) is 14.1. The number of nitrogens with one attached hydrogen (secondary N) is 1. The third-order valence-corrected chi connectivity index (χ3v) is 4.43. The molecule has 1 N–H and O–H groups in total. The summed E-state index contributed by atoms with van der Waals surface area (Å²) in [7, 11) is 0. The van der Waals surface area contributed by atoms with Crippen molar-refractivity contribution in [2.75, 3.05) is 25.0 Å². The van der Waals surface area contributed by atoms with E-state index in [4.69, 9.17) is 23.2 Å². The van der Waals surface area contributed by atoms with E-state index in [1.807, 2.05) is 4.90 Å². The van der Waals surface area contributed by atoms with Gasteiger partial charge in [-0.05, 0) is 36.5 Å². The van der Waals surface area contributed by atoms with Crippen LogP contribution in [0.4, 0.5) is 5.69 Å². The molecule has 1 aliphatic rings. The second-order valence-corrected chi connectivity index (χ2v) is 6.47. The van der Waals surface area contributed by atoms with Crippen molar-refractivity contribution >= 4 is 34.8 Å². The predicted octanol–water partition coefficient (Wildman–Crippen LogP) is 3.91. The normalized spacial score (nSPS) is 22.7. The van der Waals surface area contributed by atoms with Crippen molar-refractivity contribution in [2.45, 2.75) is 20.3 Å². The Hall–Kier alpha value is -0.930. The van der Waals surface area contributed by atoms with Gasteiger partial charge in [-0.25, -0.2) is 0 Å². The third-order valence-electron chi connectivity index (χ3n) is 3.99. The molecule has 1 aromatic carbocycles. The van der Waals surface area contributed by atoms with Crippen molar-refractivity contribution in [2.24, 2.45) is 11.8 Å². The van der Waals surface area contributed by atoms with Gasteiger partial charge in [0.25, 0.3) is 0 Å².